The van der Waals surface area contributed by atoms with Crippen LogP contribution in [0.4, 0.5) is 0 Å². The van der Waals surface area contributed by atoms with Crippen LogP contribution < -0.4 is 11.1 Å². The Kier molecular flexibility index (Phi) is 3.84. The molecule has 17 heavy (non-hydrogen) atoms. The van der Waals surface area contributed by atoms with Gasteiger partial charge in [0.15, 0.2) is 0 Å². The largest absolute Gasteiger partial charge is 0.381 e. The molecule has 1 heterocycles. The second-order valence-electron chi connectivity index (χ2n) is 3.80. The molecule has 7 nitrogen and oxygen atoms in total. The Hall–Kier alpha value is -1.89. The number of rotatable bonds is 4. The molecule has 7 heteroatoms. The monoisotopic (exact) mass is 240 g/mol. The van der Waals surface area contributed by atoms with Crippen molar-refractivity contribution in [2.45, 2.75) is 20.0 Å². The molecule has 0 saturated heterocycles. The van der Waals surface area contributed by atoms with Crippen LogP contribution in [-0.2, 0) is 11.8 Å². The molecule has 4 N–H and O–H groups in total. The Morgan fingerprint density at radius 1 is 1.53 bits per heavy atom. The minimum absolute atomic E-state index is 0.206. The zero-order chi connectivity index (χ0) is 13.2. The standard InChI is InChI=1S/C10H16N4O3/c1-5-8(6(2)14(3)13-5)10(17)12-4-7(15)9(11)16/h7,15H,4H2,1-3H3,(H2,11,16)(H,12,17). The minimum atomic E-state index is -1.38. The summed E-state index contributed by atoms with van der Waals surface area (Å²) in [5.74, 6) is -1.25. The van der Waals surface area contributed by atoms with Gasteiger partial charge in [0.05, 0.1) is 17.8 Å². The molecule has 1 aromatic heterocycles. The van der Waals surface area contributed by atoms with Gasteiger partial charge in [0.1, 0.15) is 6.10 Å². The summed E-state index contributed by atoms with van der Waals surface area (Å²) in [4.78, 5) is 22.4. The van der Waals surface area contributed by atoms with E-state index in [4.69, 9.17) is 10.8 Å². The van der Waals surface area contributed by atoms with Crippen molar-refractivity contribution in [1.82, 2.24) is 15.1 Å². The average molecular weight is 240 g/mol. The van der Waals surface area contributed by atoms with Gasteiger partial charge in [-0.3, -0.25) is 14.3 Å². The zero-order valence-electron chi connectivity index (χ0n) is 10.0. The third-order valence-electron chi connectivity index (χ3n) is 2.52. The van der Waals surface area contributed by atoms with E-state index >= 15 is 0 Å². The number of carbonyl (C=O) groups excluding carboxylic acids is 2. The van der Waals surface area contributed by atoms with Crippen LogP contribution in [0.15, 0.2) is 0 Å². The number of nitrogens with two attached hydrogens (primary N) is 1. The molecular formula is C10H16N4O3. The van der Waals surface area contributed by atoms with E-state index in [2.05, 4.69) is 10.4 Å². The van der Waals surface area contributed by atoms with Gasteiger partial charge in [0, 0.05) is 12.7 Å². The molecule has 0 bridgehead atoms. The van der Waals surface area contributed by atoms with Crippen LogP contribution >= 0.6 is 0 Å². The summed E-state index contributed by atoms with van der Waals surface area (Å²) in [6.45, 7) is 3.27. The van der Waals surface area contributed by atoms with Gasteiger partial charge in [-0.25, -0.2) is 0 Å². The Bertz CT molecular complexity index is 453. The fraction of sp³-hybridized carbons (Fsp3) is 0.500. The molecule has 0 aliphatic carbocycles. The number of aliphatic hydroxyl groups is 1. The second-order valence-corrected chi connectivity index (χ2v) is 3.80. The van der Waals surface area contributed by atoms with Crippen LogP contribution in [0.25, 0.3) is 0 Å². The third-order valence-corrected chi connectivity index (χ3v) is 2.52. The van der Waals surface area contributed by atoms with E-state index < -0.39 is 12.0 Å². The number of aliphatic hydroxyl groups excluding tert-OH is 1. The normalized spacial score (nSPS) is 12.2. The van der Waals surface area contributed by atoms with Crippen molar-refractivity contribution in [3.8, 4) is 0 Å². The molecule has 0 spiro atoms. The molecule has 0 fully saturated rings. The zero-order valence-corrected chi connectivity index (χ0v) is 10.0. The van der Waals surface area contributed by atoms with Crippen molar-refractivity contribution in [2.24, 2.45) is 12.8 Å². The van der Waals surface area contributed by atoms with Crippen LogP contribution in [-0.4, -0.2) is 39.4 Å². The predicted octanol–water partition coefficient (Wildman–Crippen LogP) is -1.39. The van der Waals surface area contributed by atoms with Gasteiger partial charge in [0.25, 0.3) is 5.91 Å². The first-order chi connectivity index (χ1) is 7.84. The topological polar surface area (TPSA) is 110 Å². The fourth-order valence-electron chi connectivity index (χ4n) is 1.48. The highest BCUT2D eigenvalue weighted by atomic mass is 16.3. The molecule has 1 atom stereocenters. The molecule has 1 aromatic rings. The maximum atomic E-state index is 11.8. The van der Waals surface area contributed by atoms with Crippen LogP contribution in [0.5, 0.6) is 0 Å². The number of aromatic nitrogens is 2. The first-order valence-electron chi connectivity index (χ1n) is 5.10. The quantitative estimate of drug-likeness (QED) is 0.602. The molecule has 0 aliphatic heterocycles. The first-order valence-corrected chi connectivity index (χ1v) is 5.10. The van der Waals surface area contributed by atoms with Crippen molar-refractivity contribution in [1.29, 1.82) is 0 Å². The number of hydrogen-bond donors (Lipinski definition) is 3. The summed E-state index contributed by atoms with van der Waals surface area (Å²) >= 11 is 0. The Labute approximate surface area is 98.6 Å². The van der Waals surface area contributed by atoms with Gasteiger partial charge in [-0.2, -0.15) is 5.10 Å². The van der Waals surface area contributed by atoms with Crippen molar-refractivity contribution in [3.63, 3.8) is 0 Å². The summed E-state index contributed by atoms with van der Waals surface area (Å²) in [6, 6.07) is 0. The van der Waals surface area contributed by atoms with E-state index in [-0.39, 0.29) is 12.5 Å². The second kappa shape index (κ2) is 4.96. The highest BCUT2D eigenvalue weighted by Gasteiger charge is 2.19. The van der Waals surface area contributed by atoms with Gasteiger partial charge in [0.2, 0.25) is 5.91 Å². The lowest BCUT2D eigenvalue weighted by atomic mass is 10.2. The van der Waals surface area contributed by atoms with Crippen molar-refractivity contribution in [2.75, 3.05) is 6.54 Å². The smallest absolute Gasteiger partial charge is 0.255 e. The number of nitrogens with zero attached hydrogens (tertiary/aromatic N) is 2. The van der Waals surface area contributed by atoms with E-state index in [9.17, 15) is 9.59 Å². The summed E-state index contributed by atoms with van der Waals surface area (Å²) in [5, 5.41) is 15.7. The van der Waals surface area contributed by atoms with Gasteiger partial charge < -0.3 is 16.2 Å². The summed E-state index contributed by atoms with van der Waals surface area (Å²) in [5.41, 5.74) is 6.63. The lowest BCUT2D eigenvalue weighted by Gasteiger charge is -2.08. The van der Waals surface area contributed by atoms with Gasteiger partial charge in [-0.1, -0.05) is 0 Å². The number of hydrogen-bond acceptors (Lipinski definition) is 4. The lowest BCUT2D eigenvalue weighted by Crippen LogP contribution is -2.40. The summed E-state index contributed by atoms with van der Waals surface area (Å²) in [7, 11) is 1.73. The Morgan fingerprint density at radius 2 is 2.12 bits per heavy atom. The molecule has 1 unspecified atom stereocenters. The average Bonchev–Trinajstić information content (AvgIpc) is 2.49. The van der Waals surface area contributed by atoms with Crippen molar-refractivity contribution < 1.29 is 14.7 Å². The van der Waals surface area contributed by atoms with Gasteiger partial charge >= 0.3 is 0 Å². The Morgan fingerprint density at radius 3 is 2.53 bits per heavy atom. The summed E-state index contributed by atoms with van der Waals surface area (Å²) < 4.78 is 1.59. The number of aryl methyl sites for hydroxylation is 2. The molecule has 0 aliphatic rings. The summed E-state index contributed by atoms with van der Waals surface area (Å²) in [6.07, 6.45) is -1.38. The van der Waals surface area contributed by atoms with E-state index in [1.807, 2.05) is 0 Å². The Balaban J connectivity index is 2.74. The highest BCUT2D eigenvalue weighted by molar-refractivity contribution is 5.96. The molecule has 94 valence electrons. The van der Waals surface area contributed by atoms with Gasteiger partial charge in [-0.15, -0.1) is 0 Å². The lowest BCUT2D eigenvalue weighted by molar-refractivity contribution is -0.125. The number of primary amides is 1. The van der Waals surface area contributed by atoms with Gasteiger partial charge in [-0.05, 0) is 13.8 Å². The molecule has 0 radical (unpaired) electrons. The van der Waals surface area contributed by atoms with E-state index in [0.29, 0.717) is 17.0 Å². The molecule has 0 aromatic carbocycles. The van der Waals surface area contributed by atoms with Crippen molar-refractivity contribution in [3.05, 3.63) is 17.0 Å². The maximum absolute atomic E-state index is 11.8. The maximum Gasteiger partial charge on any atom is 0.255 e. The number of nitrogens with one attached hydrogen (secondary N) is 1. The number of amides is 2. The van der Waals surface area contributed by atoms with Crippen LogP contribution in [0, 0.1) is 13.8 Å². The third kappa shape index (κ3) is 2.82. The first kappa shape index (κ1) is 13.2. The predicted molar refractivity (Wildman–Crippen MR) is 60.2 cm³/mol. The minimum Gasteiger partial charge on any atom is -0.381 e. The highest BCUT2D eigenvalue weighted by Crippen LogP contribution is 2.11. The van der Waals surface area contributed by atoms with E-state index in [0.717, 1.165) is 0 Å². The van der Waals surface area contributed by atoms with Crippen LogP contribution in [0.3, 0.4) is 0 Å². The molecule has 2 amide bonds. The van der Waals surface area contributed by atoms with Crippen molar-refractivity contribution >= 4 is 11.8 Å². The van der Waals surface area contributed by atoms with E-state index in [1.54, 1.807) is 25.6 Å². The van der Waals surface area contributed by atoms with Crippen LogP contribution in [0.1, 0.15) is 21.7 Å². The number of carbonyl (C=O) groups is 2. The SMILES string of the molecule is Cc1nn(C)c(C)c1C(=O)NCC(O)C(N)=O. The molecule has 1 rings (SSSR count). The van der Waals surface area contributed by atoms with E-state index in [1.165, 1.54) is 0 Å². The molecule has 0 saturated carbocycles. The van der Waals surface area contributed by atoms with Crippen LogP contribution in [0.2, 0.25) is 0 Å². The fourth-order valence-corrected chi connectivity index (χ4v) is 1.48. The molecular weight excluding hydrogens is 224 g/mol.